The first-order valence-corrected chi connectivity index (χ1v) is 12.0. The number of hydrogen-bond acceptors (Lipinski definition) is 6. The van der Waals surface area contributed by atoms with Gasteiger partial charge in [-0.15, -0.1) is 0 Å². The Morgan fingerprint density at radius 2 is 1.17 bits per heavy atom. The van der Waals surface area contributed by atoms with Crippen LogP contribution in [0.25, 0.3) is 0 Å². The van der Waals surface area contributed by atoms with Crippen molar-refractivity contribution in [3.63, 3.8) is 0 Å². The number of rotatable bonds is 3. The standard InChI is InChI=1S/C28H31N3O5/c1-34-26-18-24-20-30(27(32)22-8-4-2-5-9-22)12-14-35-16-17-36-15-13-31(21-25(19-26)29-24)28(33)23-10-6-3-7-11-23/h2-11,18-19H,12-17,20-21H2,1H3. The maximum atomic E-state index is 13.3. The topological polar surface area (TPSA) is 81.2 Å². The Morgan fingerprint density at radius 3 is 1.58 bits per heavy atom. The average Bonchev–Trinajstić information content (AvgIpc) is 2.93. The van der Waals surface area contributed by atoms with Crippen molar-refractivity contribution in [2.75, 3.05) is 46.6 Å². The van der Waals surface area contributed by atoms with Gasteiger partial charge in [-0.25, -0.2) is 0 Å². The third-order valence-corrected chi connectivity index (χ3v) is 5.85. The monoisotopic (exact) mass is 489 g/mol. The fraction of sp³-hybridized carbons (Fsp3) is 0.321. The molecule has 0 atom stereocenters. The molecular weight excluding hydrogens is 458 g/mol. The van der Waals surface area contributed by atoms with Crippen molar-refractivity contribution in [1.29, 1.82) is 0 Å². The fourth-order valence-electron chi connectivity index (χ4n) is 3.99. The zero-order valence-corrected chi connectivity index (χ0v) is 20.5. The molecule has 0 fully saturated rings. The zero-order chi connectivity index (χ0) is 25.2. The van der Waals surface area contributed by atoms with Crippen molar-refractivity contribution in [2.24, 2.45) is 0 Å². The van der Waals surface area contributed by atoms with Crippen LogP contribution in [0.2, 0.25) is 0 Å². The Bertz CT molecular complexity index is 1050. The highest BCUT2D eigenvalue weighted by Crippen LogP contribution is 2.19. The smallest absolute Gasteiger partial charge is 0.254 e. The number of ether oxygens (including phenoxy) is 3. The number of nitrogens with zero attached hydrogens (tertiary/aromatic N) is 3. The number of aromatic nitrogens is 1. The summed E-state index contributed by atoms with van der Waals surface area (Å²) in [6.45, 7) is 2.92. The van der Waals surface area contributed by atoms with Crippen LogP contribution in [-0.4, -0.2) is 73.2 Å². The number of pyridine rings is 1. The lowest BCUT2D eigenvalue weighted by Gasteiger charge is -2.24. The SMILES string of the molecule is COc1cc2nc(c1)CN(C(=O)c1ccccc1)CCOCCOCCN(C(=O)c1ccccc1)C2. The molecule has 1 aromatic heterocycles. The highest BCUT2D eigenvalue weighted by molar-refractivity contribution is 5.94. The van der Waals surface area contributed by atoms with E-state index in [1.807, 2.05) is 48.5 Å². The lowest BCUT2D eigenvalue weighted by Crippen LogP contribution is -2.34. The molecule has 0 saturated heterocycles. The summed E-state index contributed by atoms with van der Waals surface area (Å²) >= 11 is 0. The predicted octanol–water partition coefficient (Wildman–Crippen LogP) is 3.42. The Hall–Kier alpha value is -3.75. The molecule has 2 bridgehead atoms. The van der Waals surface area contributed by atoms with Crippen molar-refractivity contribution in [3.8, 4) is 5.75 Å². The Balaban J connectivity index is 1.63. The van der Waals surface area contributed by atoms with Gasteiger partial charge in [0.05, 0.1) is 58.0 Å². The summed E-state index contributed by atoms with van der Waals surface area (Å²) in [5, 5.41) is 0. The van der Waals surface area contributed by atoms with Crippen LogP contribution in [0.5, 0.6) is 5.75 Å². The van der Waals surface area contributed by atoms with E-state index in [4.69, 9.17) is 19.2 Å². The predicted molar refractivity (Wildman–Crippen MR) is 135 cm³/mol. The number of methoxy groups -OCH3 is 1. The number of amides is 2. The summed E-state index contributed by atoms with van der Waals surface area (Å²) in [5.41, 5.74) is 2.54. The van der Waals surface area contributed by atoms with Crippen molar-refractivity contribution in [2.45, 2.75) is 13.1 Å². The van der Waals surface area contributed by atoms with Gasteiger partial charge in [-0.05, 0) is 24.3 Å². The molecule has 4 rings (SSSR count). The van der Waals surface area contributed by atoms with E-state index in [2.05, 4.69) is 0 Å². The molecule has 2 aromatic carbocycles. The zero-order valence-electron chi connectivity index (χ0n) is 20.5. The van der Waals surface area contributed by atoms with E-state index in [1.54, 1.807) is 41.2 Å². The molecule has 2 heterocycles. The van der Waals surface area contributed by atoms with Gasteiger partial charge in [-0.1, -0.05) is 36.4 Å². The second kappa shape index (κ2) is 12.8. The Kier molecular flexibility index (Phi) is 9.02. The van der Waals surface area contributed by atoms with Crippen molar-refractivity contribution in [1.82, 2.24) is 14.8 Å². The lowest BCUT2D eigenvalue weighted by atomic mass is 10.1. The molecule has 0 spiro atoms. The first kappa shape index (κ1) is 25.3. The molecule has 8 heteroatoms. The quantitative estimate of drug-likeness (QED) is 0.561. The molecule has 0 aliphatic carbocycles. The lowest BCUT2D eigenvalue weighted by molar-refractivity contribution is 0.0277. The summed E-state index contributed by atoms with van der Waals surface area (Å²) in [6, 6.07) is 21.9. The molecule has 0 radical (unpaired) electrons. The summed E-state index contributed by atoms with van der Waals surface area (Å²) in [7, 11) is 1.59. The average molecular weight is 490 g/mol. The third-order valence-electron chi connectivity index (χ3n) is 5.85. The summed E-state index contributed by atoms with van der Waals surface area (Å²) in [6.07, 6.45) is 0. The van der Waals surface area contributed by atoms with Crippen LogP contribution in [0.4, 0.5) is 0 Å². The van der Waals surface area contributed by atoms with E-state index in [0.29, 0.717) is 67.8 Å². The van der Waals surface area contributed by atoms with Gasteiger partial charge in [0.2, 0.25) is 0 Å². The highest BCUT2D eigenvalue weighted by atomic mass is 16.5. The summed E-state index contributed by atoms with van der Waals surface area (Å²) in [5.74, 6) is 0.407. The van der Waals surface area contributed by atoms with Crippen LogP contribution >= 0.6 is 0 Å². The van der Waals surface area contributed by atoms with Crippen molar-refractivity contribution in [3.05, 3.63) is 95.3 Å². The molecule has 0 unspecified atom stereocenters. The molecule has 0 saturated carbocycles. The number of carbonyl (C=O) groups is 2. The van der Waals surface area contributed by atoms with E-state index in [9.17, 15) is 9.59 Å². The number of hydrogen-bond donors (Lipinski definition) is 0. The van der Waals surface area contributed by atoms with Gasteiger partial charge < -0.3 is 24.0 Å². The highest BCUT2D eigenvalue weighted by Gasteiger charge is 2.20. The normalized spacial score (nSPS) is 15.5. The minimum Gasteiger partial charge on any atom is -0.497 e. The van der Waals surface area contributed by atoms with Crippen LogP contribution in [0.1, 0.15) is 32.1 Å². The summed E-state index contributed by atoms with van der Waals surface area (Å²) in [4.78, 5) is 34.8. The van der Waals surface area contributed by atoms with Gasteiger partial charge in [-0.2, -0.15) is 0 Å². The Morgan fingerprint density at radius 1 is 0.722 bits per heavy atom. The molecule has 3 aromatic rings. The second-order valence-corrected chi connectivity index (χ2v) is 8.40. The summed E-state index contributed by atoms with van der Waals surface area (Å²) < 4.78 is 17.0. The van der Waals surface area contributed by atoms with E-state index in [-0.39, 0.29) is 24.9 Å². The van der Waals surface area contributed by atoms with E-state index in [0.717, 1.165) is 0 Å². The molecular formula is C28H31N3O5. The minimum absolute atomic E-state index is 0.105. The van der Waals surface area contributed by atoms with Crippen LogP contribution in [0.15, 0.2) is 72.8 Å². The molecule has 188 valence electrons. The molecule has 36 heavy (non-hydrogen) atoms. The van der Waals surface area contributed by atoms with Crippen LogP contribution in [0.3, 0.4) is 0 Å². The third kappa shape index (κ3) is 6.90. The van der Waals surface area contributed by atoms with Gasteiger partial charge in [0.1, 0.15) is 5.75 Å². The maximum Gasteiger partial charge on any atom is 0.254 e. The first-order valence-electron chi connectivity index (χ1n) is 12.0. The molecule has 0 N–H and O–H groups in total. The van der Waals surface area contributed by atoms with Crippen LogP contribution in [0, 0.1) is 0 Å². The number of fused-ring (bicyclic) bond motifs is 2. The molecule has 1 aliphatic heterocycles. The molecule has 8 nitrogen and oxygen atoms in total. The van der Waals surface area contributed by atoms with E-state index in [1.165, 1.54) is 0 Å². The van der Waals surface area contributed by atoms with Gasteiger partial charge in [0.25, 0.3) is 11.8 Å². The Labute approximate surface area is 211 Å². The van der Waals surface area contributed by atoms with Crippen molar-refractivity contribution < 1.29 is 23.8 Å². The van der Waals surface area contributed by atoms with Crippen molar-refractivity contribution >= 4 is 11.8 Å². The first-order chi connectivity index (χ1) is 17.6. The van der Waals surface area contributed by atoms with Gasteiger partial charge >= 0.3 is 0 Å². The second-order valence-electron chi connectivity index (χ2n) is 8.40. The number of benzene rings is 2. The maximum absolute atomic E-state index is 13.3. The minimum atomic E-state index is -0.105. The van der Waals surface area contributed by atoms with Gasteiger partial charge in [-0.3, -0.25) is 14.6 Å². The molecule has 2 amide bonds. The molecule has 1 aliphatic rings. The van der Waals surface area contributed by atoms with E-state index >= 15 is 0 Å². The van der Waals surface area contributed by atoms with Gasteiger partial charge in [0, 0.05) is 36.3 Å². The van der Waals surface area contributed by atoms with E-state index < -0.39 is 0 Å². The van der Waals surface area contributed by atoms with Crippen LogP contribution < -0.4 is 4.74 Å². The fourth-order valence-corrected chi connectivity index (χ4v) is 3.99. The van der Waals surface area contributed by atoms with Crippen LogP contribution in [-0.2, 0) is 22.6 Å². The largest absolute Gasteiger partial charge is 0.497 e. The van der Waals surface area contributed by atoms with Gasteiger partial charge in [0.15, 0.2) is 0 Å². The number of carbonyl (C=O) groups excluding carboxylic acids is 2.